The van der Waals surface area contributed by atoms with E-state index in [1.54, 1.807) is 25.6 Å². The van der Waals surface area contributed by atoms with Crippen molar-refractivity contribution >= 4 is 22.9 Å². The standard InChI is InChI=1S/C24H26N2O3S/c1-17-22(18-4-8-20(28-2)9-5-18)16-23(30-17)24(27)26-14-12-25(13-15-26)19-6-10-21(29-3)11-7-19/h4-11,16H,12-15H2,1-3H3. The van der Waals surface area contributed by atoms with Crippen molar-refractivity contribution in [3.63, 3.8) is 0 Å². The highest BCUT2D eigenvalue weighted by molar-refractivity contribution is 7.14. The number of benzene rings is 2. The van der Waals surface area contributed by atoms with E-state index in [4.69, 9.17) is 9.47 Å². The van der Waals surface area contributed by atoms with Gasteiger partial charge in [0, 0.05) is 36.7 Å². The molecule has 4 rings (SSSR count). The predicted molar refractivity (Wildman–Crippen MR) is 122 cm³/mol. The summed E-state index contributed by atoms with van der Waals surface area (Å²) in [7, 11) is 3.34. The van der Waals surface area contributed by atoms with E-state index in [1.165, 1.54) is 0 Å². The van der Waals surface area contributed by atoms with Crippen LogP contribution in [0, 0.1) is 6.92 Å². The molecule has 2 aromatic carbocycles. The predicted octanol–water partition coefficient (Wildman–Crippen LogP) is 4.70. The number of amides is 1. The number of carbonyl (C=O) groups excluding carboxylic acids is 1. The van der Waals surface area contributed by atoms with Crippen LogP contribution in [0.3, 0.4) is 0 Å². The first-order valence-electron chi connectivity index (χ1n) is 10.0. The van der Waals surface area contributed by atoms with Crippen LogP contribution in [0.2, 0.25) is 0 Å². The molecule has 156 valence electrons. The minimum absolute atomic E-state index is 0.122. The number of hydrogen-bond donors (Lipinski definition) is 0. The van der Waals surface area contributed by atoms with Gasteiger partial charge in [-0.2, -0.15) is 0 Å². The van der Waals surface area contributed by atoms with Crippen molar-refractivity contribution in [2.24, 2.45) is 0 Å². The number of methoxy groups -OCH3 is 2. The van der Waals surface area contributed by atoms with Crippen LogP contribution in [0.1, 0.15) is 14.5 Å². The molecule has 6 heteroatoms. The molecule has 3 aromatic rings. The zero-order valence-electron chi connectivity index (χ0n) is 17.6. The monoisotopic (exact) mass is 422 g/mol. The lowest BCUT2D eigenvalue weighted by Crippen LogP contribution is -2.48. The smallest absolute Gasteiger partial charge is 0.264 e. The van der Waals surface area contributed by atoms with Crippen molar-refractivity contribution in [2.75, 3.05) is 45.3 Å². The molecule has 0 unspecified atom stereocenters. The second-order valence-corrected chi connectivity index (χ2v) is 8.54. The van der Waals surface area contributed by atoms with E-state index in [2.05, 4.69) is 24.0 Å². The zero-order chi connectivity index (χ0) is 21.1. The van der Waals surface area contributed by atoms with Crippen molar-refractivity contribution in [3.05, 3.63) is 64.4 Å². The average Bonchev–Trinajstić information content (AvgIpc) is 3.20. The Labute approximate surface area is 181 Å². The molecule has 0 bridgehead atoms. The minimum atomic E-state index is 0.122. The van der Waals surface area contributed by atoms with Gasteiger partial charge in [0.15, 0.2) is 0 Å². The molecule has 0 radical (unpaired) electrons. The number of aryl methyl sites for hydroxylation is 1. The summed E-state index contributed by atoms with van der Waals surface area (Å²) >= 11 is 1.57. The van der Waals surface area contributed by atoms with E-state index >= 15 is 0 Å². The van der Waals surface area contributed by atoms with E-state index in [-0.39, 0.29) is 5.91 Å². The second kappa shape index (κ2) is 8.79. The second-order valence-electron chi connectivity index (χ2n) is 7.29. The molecule has 0 aliphatic carbocycles. The first-order chi connectivity index (χ1) is 14.6. The molecule has 0 N–H and O–H groups in total. The van der Waals surface area contributed by atoms with Gasteiger partial charge >= 0.3 is 0 Å². The number of rotatable bonds is 5. The van der Waals surface area contributed by atoms with Crippen LogP contribution in [0.15, 0.2) is 54.6 Å². The van der Waals surface area contributed by atoms with E-state index in [1.807, 2.05) is 47.4 Å². The summed E-state index contributed by atoms with van der Waals surface area (Å²) in [6.45, 7) is 5.17. The van der Waals surface area contributed by atoms with E-state index < -0.39 is 0 Å². The first-order valence-corrected chi connectivity index (χ1v) is 10.8. The van der Waals surface area contributed by atoms with Gasteiger partial charge in [-0.3, -0.25) is 4.79 Å². The quantitative estimate of drug-likeness (QED) is 0.598. The lowest BCUT2D eigenvalue weighted by Gasteiger charge is -2.36. The molecule has 1 fully saturated rings. The molecular weight excluding hydrogens is 396 g/mol. The normalized spacial score (nSPS) is 14.0. The molecule has 1 aromatic heterocycles. The maximum atomic E-state index is 13.1. The largest absolute Gasteiger partial charge is 0.497 e. The Morgan fingerprint density at radius 1 is 0.867 bits per heavy atom. The fraction of sp³-hybridized carbons (Fsp3) is 0.292. The van der Waals surface area contributed by atoms with Gasteiger partial charge in [-0.05, 0) is 60.5 Å². The van der Waals surface area contributed by atoms with E-state index in [9.17, 15) is 4.79 Å². The van der Waals surface area contributed by atoms with Crippen molar-refractivity contribution < 1.29 is 14.3 Å². The molecule has 1 amide bonds. The van der Waals surface area contributed by atoms with E-state index in [0.29, 0.717) is 0 Å². The van der Waals surface area contributed by atoms with Crippen LogP contribution in [-0.2, 0) is 0 Å². The van der Waals surface area contributed by atoms with Crippen molar-refractivity contribution in [1.82, 2.24) is 4.90 Å². The molecule has 1 saturated heterocycles. The van der Waals surface area contributed by atoms with Gasteiger partial charge in [-0.25, -0.2) is 0 Å². The summed E-state index contributed by atoms with van der Waals surface area (Å²) in [6.07, 6.45) is 0. The molecule has 30 heavy (non-hydrogen) atoms. The Hall–Kier alpha value is -2.99. The molecule has 0 atom stereocenters. The first kappa shape index (κ1) is 20.3. The summed E-state index contributed by atoms with van der Waals surface area (Å²) in [6, 6.07) is 18.1. The molecular formula is C24H26N2O3S. The van der Waals surface area contributed by atoms with Gasteiger partial charge in [0.25, 0.3) is 5.91 Å². The summed E-state index contributed by atoms with van der Waals surface area (Å²) in [5, 5.41) is 0. The highest BCUT2D eigenvalue weighted by Crippen LogP contribution is 2.33. The SMILES string of the molecule is COc1ccc(-c2cc(C(=O)N3CCN(c4ccc(OC)cc4)CC3)sc2C)cc1. The number of anilines is 1. The number of piperazine rings is 1. The van der Waals surface area contributed by atoms with Crippen molar-refractivity contribution in [3.8, 4) is 22.6 Å². The maximum absolute atomic E-state index is 13.1. The number of hydrogen-bond acceptors (Lipinski definition) is 5. The van der Waals surface area contributed by atoms with Crippen LogP contribution in [0.5, 0.6) is 11.5 Å². The molecule has 1 aliphatic heterocycles. The Balaban J connectivity index is 1.42. The summed E-state index contributed by atoms with van der Waals surface area (Å²) in [5.74, 6) is 1.81. The summed E-state index contributed by atoms with van der Waals surface area (Å²) in [4.78, 5) is 19.3. The number of carbonyl (C=O) groups is 1. The van der Waals surface area contributed by atoms with Gasteiger partial charge in [0.05, 0.1) is 19.1 Å². The van der Waals surface area contributed by atoms with Gasteiger partial charge in [0.2, 0.25) is 0 Å². The Bertz CT molecular complexity index is 1000. The van der Waals surface area contributed by atoms with Crippen LogP contribution in [0.25, 0.3) is 11.1 Å². The van der Waals surface area contributed by atoms with Crippen LogP contribution < -0.4 is 14.4 Å². The molecule has 0 spiro atoms. The summed E-state index contributed by atoms with van der Waals surface area (Å²) in [5.41, 5.74) is 3.38. The molecule has 1 aliphatic rings. The van der Waals surface area contributed by atoms with Crippen LogP contribution in [0.4, 0.5) is 5.69 Å². The number of thiophene rings is 1. The highest BCUT2D eigenvalue weighted by atomic mass is 32.1. The van der Waals surface area contributed by atoms with Crippen LogP contribution >= 0.6 is 11.3 Å². The van der Waals surface area contributed by atoms with Gasteiger partial charge in [-0.15, -0.1) is 11.3 Å². The Kier molecular flexibility index (Phi) is 5.95. The highest BCUT2D eigenvalue weighted by Gasteiger charge is 2.24. The molecule has 2 heterocycles. The average molecular weight is 423 g/mol. The van der Waals surface area contributed by atoms with Crippen molar-refractivity contribution in [1.29, 1.82) is 0 Å². The lowest BCUT2D eigenvalue weighted by atomic mass is 10.1. The maximum Gasteiger partial charge on any atom is 0.264 e. The third-order valence-electron chi connectivity index (χ3n) is 5.53. The molecule has 0 saturated carbocycles. The molecule has 5 nitrogen and oxygen atoms in total. The third kappa shape index (κ3) is 4.14. The number of nitrogens with zero attached hydrogens (tertiary/aromatic N) is 2. The van der Waals surface area contributed by atoms with Gasteiger partial charge in [-0.1, -0.05) is 12.1 Å². The Morgan fingerprint density at radius 3 is 2.00 bits per heavy atom. The van der Waals surface area contributed by atoms with Gasteiger partial charge in [0.1, 0.15) is 11.5 Å². The zero-order valence-corrected chi connectivity index (χ0v) is 18.4. The summed E-state index contributed by atoms with van der Waals surface area (Å²) < 4.78 is 10.5. The van der Waals surface area contributed by atoms with E-state index in [0.717, 1.165) is 64.2 Å². The fourth-order valence-electron chi connectivity index (χ4n) is 3.76. The van der Waals surface area contributed by atoms with Crippen LogP contribution in [-0.4, -0.2) is 51.2 Å². The fourth-order valence-corrected chi connectivity index (χ4v) is 4.77. The van der Waals surface area contributed by atoms with Gasteiger partial charge < -0.3 is 19.3 Å². The van der Waals surface area contributed by atoms with Crippen molar-refractivity contribution in [2.45, 2.75) is 6.92 Å². The minimum Gasteiger partial charge on any atom is -0.497 e. The third-order valence-corrected chi connectivity index (χ3v) is 6.57. The number of ether oxygens (including phenoxy) is 2. The topological polar surface area (TPSA) is 42.0 Å². The lowest BCUT2D eigenvalue weighted by molar-refractivity contribution is 0.0751. The Morgan fingerprint density at radius 2 is 1.43 bits per heavy atom.